The van der Waals surface area contributed by atoms with Gasteiger partial charge in [-0.15, -0.1) is 0 Å². The summed E-state index contributed by atoms with van der Waals surface area (Å²) in [5.41, 5.74) is 7.26. The standard InChI is InChI=1S/C11H16FIN2/c1-4-7(2)15(3)11-5-8(12)9(13)6-10(11)14/h5-7H,4,14H2,1-3H3. The smallest absolute Gasteiger partial charge is 0.138 e. The van der Waals surface area contributed by atoms with Gasteiger partial charge in [-0.2, -0.15) is 0 Å². The third-order valence-corrected chi connectivity index (χ3v) is 3.53. The van der Waals surface area contributed by atoms with Crippen LogP contribution in [0.2, 0.25) is 0 Å². The number of anilines is 2. The van der Waals surface area contributed by atoms with Gasteiger partial charge in [0.1, 0.15) is 5.82 Å². The van der Waals surface area contributed by atoms with E-state index in [4.69, 9.17) is 5.73 Å². The van der Waals surface area contributed by atoms with E-state index in [-0.39, 0.29) is 5.82 Å². The largest absolute Gasteiger partial charge is 0.397 e. The van der Waals surface area contributed by atoms with Gasteiger partial charge in [0.05, 0.1) is 14.9 Å². The van der Waals surface area contributed by atoms with Crippen LogP contribution in [0.15, 0.2) is 12.1 Å². The Bertz CT molecular complexity index is 355. The van der Waals surface area contributed by atoms with E-state index in [1.165, 1.54) is 6.07 Å². The zero-order valence-corrected chi connectivity index (χ0v) is 11.4. The summed E-state index contributed by atoms with van der Waals surface area (Å²) in [5, 5.41) is 0. The second-order valence-electron chi connectivity index (χ2n) is 3.69. The third-order valence-electron chi connectivity index (χ3n) is 2.70. The van der Waals surface area contributed by atoms with Gasteiger partial charge in [0.15, 0.2) is 0 Å². The summed E-state index contributed by atoms with van der Waals surface area (Å²) in [7, 11) is 1.94. The number of hydrogen-bond donors (Lipinski definition) is 1. The predicted molar refractivity (Wildman–Crippen MR) is 71.7 cm³/mol. The van der Waals surface area contributed by atoms with Crippen LogP contribution in [-0.2, 0) is 0 Å². The van der Waals surface area contributed by atoms with Crippen molar-refractivity contribution >= 4 is 34.0 Å². The molecule has 0 bridgehead atoms. The average molecular weight is 322 g/mol. The van der Waals surface area contributed by atoms with E-state index in [9.17, 15) is 4.39 Å². The van der Waals surface area contributed by atoms with Crippen molar-refractivity contribution in [2.45, 2.75) is 26.3 Å². The SMILES string of the molecule is CCC(C)N(C)c1cc(F)c(I)cc1N. The molecule has 0 amide bonds. The number of hydrogen-bond acceptors (Lipinski definition) is 2. The van der Waals surface area contributed by atoms with Gasteiger partial charge in [-0.05, 0) is 42.0 Å². The first kappa shape index (κ1) is 12.5. The Morgan fingerprint density at radius 1 is 1.53 bits per heavy atom. The van der Waals surface area contributed by atoms with Gasteiger partial charge < -0.3 is 10.6 Å². The van der Waals surface area contributed by atoms with Gasteiger partial charge in [-0.25, -0.2) is 4.39 Å². The Labute approximate surface area is 104 Å². The van der Waals surface area contributed by atoms with Gasteiger partial charge >= 0.3 is 0 Å². The molecule has 0 saturated heterocycles. The van der Waals surface area contributed by atoms with Gasteiger partial charge in [0, 0.05) is 19.2 Å². The maximum absolute atomic E-state index is 13.4. The summed E-state index contributed by atoms with van der Waals surface area (Å²) >= 11 is 1.94. The summed E-state index contributed by atoms with van der Waals surface area (Å²) in [4.78, 5) is 2.01. The van der Waals surface area contributed by atoms with E-state index in [0.717, 1.165) is 12.1 Å². The fourth-order valence-electron chi connectivity index (χ4n) is 1.37. The molecule has 0 aliphatic heterocycles. The molecule has 2 nitrogen and oxygen atoms in total. The molecular weight excluding hydrogens is 306 g/mol. The molecule has 15 heavy (non-hydrogen) atoms. The van der Waals surface area contributed by atoms with Crippen molar-refractivity contribution in [1.82, 2.24) is 0 Å². The average Bonchev–Trinajstić information content (AvgIpc) is 2.21. The van der Waals surface area contributed by atoms with E-state index in [0.29, 0.717) is 15.3 Å². The van der Waals surface area contributed by atoms with E-state index < -0.39 is 0 Å². The minimum Gasteiger partial charge on any atom is -0.397 e. The molecule has 0 radical (unpaired) electrons. The van der Waals surface area contributed by atoms with Crippen molar-refractivity contribution in [3.8, 4) is 0 Å². The van der Waals surface area contributed by atoms with Crippen LogP contribution in [0.3, 0.4) is 0 Å². The first-order chi connectivity index (χ1) is 6.97. The molecule has 1 atom stereocenters. The zero-order valence-electron chi connectivity index (χ0n) is 9.22. The fourth-order valence-corrected chi connectivity index (χ4v) is 1.86. The van der Waals surface area contributed by atoms with Crippen LogP contribution in [0.25, 0.3) is 0 Å². The lowest BCUT2D eigenvalue weighted by atomic mass is 10.2. The molecule has 0 aliphatic carbocycles. The molecule has 0 saturated carbocycles. The first-order valence-electron chi connectivity index (χ1n) is 4.94. The normalized spacial score (nSPS) is 12.6. The van der Waals surface area contributed by atoms with Crippen LogP contribution in [0.4, 0.5) is 15.8 Å². The van der Waals surface area contributed by atoms with E-state index in [2.05, 4.69) is 13.8 Å². The van der Waals surface area contributed by atoms with Crippen LogP contribution < -0.4 is 10.6 Å². The summed E-state index contributed by atoms with van der Waals surface area (Å²) in [6.07, 6.45) is 1.00. The van der Waals surface area contributed by atoms with Crippen LogP contribution in [-0.4, -0.2) is 13.1 Å². The number of halogens is 2. The maximum atomic E-state index is 13.4. The third kappa shape index (κ3) is 2.74. The second-order valence-corrected chi connectivity index (χ2v) is 4.86. The monoisotopic (exact) mass is 322 g/mol. The van der Waals surface area contributed by atoms with E-state index >= 15 is 0 Å². The highest BCUT2D eigenvalue weighted by Crippen LogP contribution is 2.28. The topological polar surface area (TPSA) is 29.3 Å². The van der Waals surface area contributed by atoms with Gasteiger partial charge in [0.25, 0.3) is 0 Å². The van der Waals surface area contributed by atoms with Crippen LogP contribution in [0.1, 0.15) is 20.3 Å². The summed E-state index contributed by atoms with van der Waals surface area (Å²) in [6.45, 7) is 4.19. The molecule has 0 heterocycles. The molecule has 1 aromatic carbocycles. The molecule has 0 fully saturated rings. The van der Waals surface area contributed by atoms with Crippen molar-refractivity contribution < 1.29 is 4.39 Å². The first-order valence-corrected chi connectivity index (χ1v) is 6.02. The minimum atomic E-state index is -0.213. The molecular formula is C11H16FIN2. The molecule has 0 aliphatic rings. The lowest BCUT2D eigenvalue weighted by molar-refractivity contribution is 0.615. The molecule has 1 unspecified atom stereocenters. The Hall–Kier alpha value is -0.520. The summed E-state index contributed by atoms with van der Waals surface area (Å²) in [5.74, 6) is -0.213. The van der Waals surface area contributed by atoms with Crippen molar-refractivity contribution in [1.29, 1.82) is 0 Å². The van der Waals surface area contributed by atoms with Crippen molar-refractivity contribution in [3.05, 3.63) is 21.5 Å². The number of benzene rings is 1. The summed E-state index contributed by atoms with van der Waals surface area (Å²) < 4.78 is 14.0. The quantitative estimate of drug-likeness (QED) is 0.684. The fraction of sp³-hybridized carbons (Fsp3) is 0.455. The second kappa shape index (κ2) is 5.01. The van der Waals surface area contributed by atoms with Gasteiger partial charge in [-0.1, -0.05) is 6.92 Å². The van der Waals surface area contributed by atoms with E-state index in [1.807, 2.05) is 34.5 Å². The van der Waals surface area contributed by atoms with Crippen LogP contribution in [0, 0.1) is 9.39 Å². The molecule has 2 N–H and O–H groups in total. The summed E-state index contributed by atoms with van der Waals surface area (Å²) in [6, 6.07) is 3.53. The molecule has 0 spiro atoms. The predicted octanol–water partition coefficient (Wildman–Crippen LogP) is 3.25. The van der Waals surface area contributed by atoms with Crippen LogP contribution in [0.5, 0.6) is 0 Å². The Kier molecular flexibility index (Phi) is 4.19. The highest BCUT2D eigenvalue weighted by Gasteiger charge is 2.13. The number of nitrogens with zero attached hydrogens (tertiary/aromatic N) is 1. The van der Waals surface area contributed by atoms with Crippen molar-refractivity contribution in [2.24, 2.45) is 0 Å². The molecule has 84 valence electrons. The van der Waals surface area contributed by atoms with E-state index in [1.54, 1.807) is 6.07 Å². The van der Waals surface area contributed by atoms with Gasteiger partial charge in [-0.3, -0.25) is 0 Å². The Balaban J connectivity index is 3.09. The molecule has 4 heteroatoms. The van der Waals surface area contributed by atoms with Crippen molar-refractivity contribution in [3.63, 3.8) is 0 Å². The number of nitrogen functional groups attached to an aromatic ring is 1. The maximum Gasteiger partial charge on any atom is 0.138 e. The number of rotatable bonds is 3. The number of nitrogens with two attached hydrogens (primary N) is 1. The van der Waals surface area contributed by atoms with Gasteiger partial charge in [0.2, 0.25) is 0 Å². The van der Waals surface area contributed by atoms with Crippen molar-refractivity contribution in [2.75, 3.05) is 17.7 Å². The highest BCUT2D eigenvalue weighted by molar-refractivity contribution is 14.1. The Morgan fingerprint density at radius 2 is 2.13 bits per heavy atom. The van der Waals surface area contributed by atoms with Crippen LogP contribution >= 0.6 is 22.6 Å². The zero-order chi connectivity index (χ0) is 11.6. The molecule has 1 rings (SSSR count). The Morgan fingerprint density at radius 3 is 2.67 bits per heavy atom. The lowest BCUT2D eigenvalue weighted by Gasteiger charge is -2.27. The highest BCUT2D eigenvalue weighted by atomic mass is 127. The minimum absolute atomic E-state index is 0.213. The molecule has 0 aromatic heterocycles. The molecule has 1 aromatic rings. The lowest BCUT2D eigenvalue weighted by Crippen LogP contribution is -2.28.